The molecule has 5 aromatic rings. The molecule has 2 atom stereocenters. The Balaban J connectivity index is 1.20. The number of rotatable bonds is 8. The second kappa shape index (κ2) is 12.2. The smallest absolute Gasteiger partial charge is 0.256 e. The highest BCUT2D eigenvalue weighted by molar-refractivity contribution is 6.30. The SMILES string of the molecule is CC(/C(=C\CC1CC1C(=O)Nc1cc2[nH]c(=O)c(-c3cncc(F)c3C)cc2cn1)c1cc2cnc(Cl)cc2[nH]c1=O)=C(\F)C=N. The van der Waals surface area contributed by atoms with Gasteiger partial charge in [0.2, 0.25) is 5.91 Å². The lowest BCUT2D eigenvalue weighted by Gasteiger charge is -2.10. The standard InChI is InChI=1S/C33H26ClF2N7O3/c1-15(25(35)10-37)20(22-6-18-11-39-29(34)8-27(18)41-32(22)45)4-3-17-5-21(17)31(44)43-30-9-28-19(12-40-30)7-23(33(46)42-28)24-13-38-14-26(36)16(24)2/h4,6-14,17,21,37H,3,5H2,1-2H3,(H,41,45)(H,42,46)(H,40,43,44)/b20-4+,25-15+,37-10?. The number of nitrogens with one attached hydrogen (secondary N) is 4. The molecule has 232 valence electrons. The van der Waals surface area contributed by atoms with Gasteiger partial charge in [-0.1, -0.05) is 17.7 Å². The van der Waals surface area contributed by atoms with Crippen LogP contribution in [0.2, 0.25) is 5.15 Å². The third-order valence-electron chi connectivity index (χ3n) is 8.18. The van der Waals surface area contributed by atoms with Gasteiger partial charge >= 0.3 is 0 Å². The van der Waals surface area contributed by atoms with Crippen molar-refractivity contribution in [2.75, 3.05) is 5.32 Å². The molecule has 1 aliphatic rings. The molecule has 5 aromatic heterocycles. The molecule has 10 nitrogen and oxygen atoms in total. The summed E-state index contributed by atoms with van der Waals surface area (Å²) in [5, 5.41) is 11.5. The molecule has 0 radical (unpaired) electrons. The molecule has 0 aliphatic heterocycles. The van der Waals surface area contributed by atoms with Gasteiger partial charge in [0, 0.05) is 58.0 Å². The monoisotopic (exact) mass is 641 g/mol. The fraction of sp³-hybridized carbons (Fsp3) is 0.182. The number of anilines is 1. The number of carbonyl (C=O) groups excluding carboxylic acids is 1. The molecular weight excluding hydrogens is 616 g/mol. The van der Waals surface area contributed by atoms with Gasteiger partial charge in [0.1, 0.15) is 22.6 Å². The highest BCUT2D eigenvalue weighted by atomic mass is 35.5. The first-order valence-corrected chi connectivity index (χ1v) is 14.6. The Bertz CT molecular complexity index is 2260. The van der Waals surface area contributed by atoms with Crippen LogP contribution in [0.1, 0.15) is 30.9 Å². The maximum absolute atomic E-state index is 14.6. The number of aromatic amines is 2. The van der Waals surface area contributed by atoms with E-state index in [1.54, 1.807) is 31.2 Å². The average molecular weight is 642 g/mol. The summed E-state index contributed by atoms with van der Waals surface area (Å²) in [5.41, 5.74) is 1.57. The zero-order valence-corrected chi connectivity index (χ0v) is 25.3. The van der Waals surface area contributed by atoms with Crippen LogP contribution in [0.3, 0.4) is 0 Å². The first-order chi connectivity index (χ1) is 22.0. The van der Waals surface area contributed by atoms with E-state index in [2.05, 4.69) is 30.2 Å². The van der Waals surface area contributed by atoms with Crippen molar-refractivity contribution in [3.63, 3.8) is 0 Å². The first-order valence-electron chi connectivity index (χ1n) is 14.2. The molecule has 6 rings (SSSR count). The normalized spacial score (nSPS) is 16.8. The van der Waals surface area contributed by atoms with Gasteiger partial charge in [-0.25, -0.2) is 18.7 Å². The number of allylic oxidation sites excluding steroid dienone is 4. The van der Waals surface area contributed by atoms with E-state index in [1.165, 1.54) is 31.6 Å². The van der Waals surface area contributed by atoms with Crippen molar-refractivity contribution in [3.8, 4) is 11.1 Å². The number of pyridine rings is 5. The third-order valence-corrected chi connectivity index (χ3v) is 8.39. The van der Waals surface area contributed by atoms with Crippen molar-refractivity contribution in [2.24, 2.45) is 11.8 Å². The van der Waals surface area contributed by atoms with E-state index < -0.39 is 22.8 Å². The van der Waals surface area contributed by atoms with Gasteiger partial charge in [0.05, 0.1) is 23.4 Å². The zero-order valence-electron chi connectivity index (χ0n) is 24.5. The number of fused-ring (bicyclic) bond motifs is 2. The predicted molar refractivity (Wildman–Crippen MR) is 173 cm³/mol. The molecule has 1 saturated carbocycles. The van der Waals surface area contributed by atoms with Crippen molar-refractivity contribution < 1.29 is 13.6 Å². The minimum atomic E-state index is -0.791. The second-order valence-electron chi connectivity index (χ2n) is 11.1. The van der Waals surface area contributed by atoms with Crippen LogP contribution in [0, 0.1) is 30.0 Å². The van der Waals surface area contributed by atoms with Crippen molar-refractivity contribution in [1.82, 2.24) is 24.9 Å². The third kappa shape index (κ3) is 5.98. The Kier molecular flexibility index (Phi) is 8.13. The van der Waals surface area contributed by atoms with Crippen LogP contribution in [-0.2, 0) is 4.79 Å². The van der Waals surface area contributed by atoms with Crippen LogP contribution in [-0.4, -0.2) is 37.0 Å². The molecule has 1 fully saturated rings. The fourth-order valence-electron chi connectivity index (χ4n) is 5.43. The van der Waals surface area contributed by atoms with Gasteiger partial charge < -0.3 is 20.7 Å². The molecule has 13 heteroatoms. The molecular formula is C33H26ClF2N7O3. The lowest BCUT2D eigenvalue weighted by molar-refractivity contribution is -0.117. The number of amides is 1. The topological polar surface area (TPSA) is 157 Å². The maximum atomic E-state index is 14.6. The number of nitrogens with zero attached hydrogens (tertiary/aromatic N) is 3. The number of hydrogen-bond donors (Lipinski definition) is 4. The zero-order chi connectivity index (χ0) is 32.7. The molecule has 1 aliphatic carbocycles. The van der Waals surface area contributed by atoms with Gasteiger partial charge in [-0.05, 0) is 67.5 Å². The van der Waals surface area contributed by atoms with Crippen LogP contribution >= 0.6 is 11.6 Å². The van der Waals surface area contributed by atoms with E-state index in [1.807, 2.05) is 0 Å². The van der Waals surface area contributed by atoms with E-state index in [4.69, 9.17) is 17.0 Å². The Morgan fingerprint density at radius 3 is 2.54 bits per heavy atom. The van der Waals surface area contributed by atoms with Crippen LogP contribution < -0.4 is 16.4 Å². The quantitative estimate of drug-likeness (QED) is 0.0889. The lowest BCUT2D eigenvalue weighted by atomic mass is 9.96. The highest BCUT2D eigenvalue weighted by Crippen LogP contribution is 2.43. The number of H-pyrrole nitrogens is 2. The Morgan fingerprint density at radius 2 is 1.76 bits per heavy atom. The summed E-state index contributed by atoms with van der Waals surface area (Å²) >= 11 is 5.94. The Morgan fingerprint density at radius 1 is 1.04 bits per heavy atom. The maximum Gasteiger partial charge on any atom is 0.256 e. The van der Waals surface area contributed by atoms with Crippen molar-refractivity contribution in [1.29, 1.82) is 5.41 Å². The summed E-state index contributed by atoms with van der Waals surface area (Å²) in [6, 6.07) is 6.26. The van der Waals surface area contributed by atoms with E-state index >= 15 is 0 Å². The Hall–Kier alpha value is -5.36. The minimum Gasteiger partial charge on any atom is -0.321 e. The minimum absolute atomic E-state index is 0.0724. The second-order valence-corrected chi connectivity index (χ2v) is 11.5. The average Bonchev–Trinajstić information content (AvgIpc) is 3.82. The number of carbonyl (C=O) groups is 1. The van der Waals surface area contributed by atoms with Gasteiger partial charge in [0.25, 0.3) is 11.1 Å². The molecule has 0 saturated heterocycles. The van der Waals surface area contributed by atoms with Crippen molar-refractivity contribution in [2.45, 2.75) is 26.7 Å². The molecule has 46 heavy (non-hydrogen) atoms. The number of aromatic nitrogens is 5. The summed E-state index contributed by atoms with van der Waals surface area (Å²) in [6.45, 7) is 3.06. The van der Waals surface area contributed by atoms with E-state index in [9.17, 15) is 23.2 Å². The van der Waals surface area contributed by atoms with E-state index in [-0.39, 0.29) is 45.4 Å². The van der Waals surface area contributed by atoms with E-state index in [0.717, 1.165) is 6.20 Å². The predicted octanol–water partition coefficient (Wildman–Crippen LogP) is 6.26. The largest absolute Gasteiger partial charge is 0.321 e. The van der Waals surface area contributed by atoms with Gasteiger partial charge in [-0.2, -0.15) is 0 Å². The summed E-state index contributed by atoms with van der Waals surface area (Å²) in [4.78, 5) is 56.6. The lowest BCUT2D eigenvalue weighted by Crippen LogP contribution is -2.16. The summed E-state index contributed by atoms with van der Waals surface area (Å²) in [7, 11) is 0. The first kappa shape index (κ1) is 30.7. The molecule has 5 heterocycles. The number of halogens is 3. The van der Waals surface area contributed by atoms with Crippen LogP contribution in [0.15, 0.2) is 76.1 Å². The Labute approximate surface area is 264 Å². The van der Waals surface area contributed by atoms with Crippen LogP contribution in [0.25, 0.3) is 38.5 Å². The van der Waals surface area contributed by atoms with E-state index in [0.29, 0.717) is 57.6 Å². The molecule has 0 bridgehead atoms. The van der Waals surface area contributed by atoms with Crippen LogP contribution in [0.5, 0.6) is 0 Å². The molecule has 4 N–H and O–H groups in total. The van der Waals surface area contributed by atoms with Crippen LogP contribution in [0.4, 0.5) is 14.6 Å². The van der Waals surface area contributed by atoms with Gasteiger partial charge in [0.15, 0.2) is 0 Å². The highest BCUT2D eigenvalue weighted by Gasteiger charge is 2.42. The van der Waals surface area contributed by atoms with Gasteiger partial charge in [-0.3, -0.25) is 19.4 Å². The van der Waals surface area contributed by atoms with Crippen molar-refractivity contribution >= 4 is 56.9 Å². The fourth-order valence-corrected chi connectivity index (χ4v) is 5.59. The molecule has 2 unspecified atom stereocenters. The van der Waals surface area contributed by atoms with Gasteiger partial charge in [-0.15, -0.1) is 0 Å². The summed E-state index contributed by atoms with van der Waals surface area (Å²) < 4.78 is 28.6. The molecule has 1 amide bonds. The summed E-state index contributed by atoms with van der Waals surface area (Å²) in [6.07, 6.45) is 8.75. The van der Waals surface area contributed by atoms with Crippen molar-refractivity contribution in [3.05, 3.63) is 109 Å². The number of hydrogen-bond acceptors (Lipinski definition) is 7. The molecule has 0 aromatic carbocycles. The summed E-state index contributed by atoms with van der Waals surface area (Å²) in [5.74, 6) is -1.75. The molecule has 0 spiro atoms.